The van der Waals surface area contributed by atoms with Crippen LogP contribution >= 0.6 is 50.1 Å². The normalized spacial score (nSPS) is 13.5. The van der Waals surface area contributed by atoms with E-state index < -0.39 is 11.1 Å². The van der Waals surface area contributed by atoms with E-state index in [0.29, 0.717) is 6.42 Å². The zero-order chi connectivity index (χ0) is 17.4. The molecule has 0 aliphatic carbocycles. The van der Waals surface area contributed by atoms with Gasteiger partial charge in [-0.2, -0.15) is 0 Å². The van der Waals surface area contributed by atoms with E-state index in [1.165, 1.54) is 0 Å². The van der Waals surface area contributed by atoms with Gasteiger partial charge in [0, 0.05) is 6.42 Å². The van der Waals surface area contributed by atoms with Crippen molar-refractivity contribution in [1.29, 1.82) is 0 Å². The molecule has 25 heavy (non-hydrogen) atoms. The first-order valence-electron chi connectivity index (χ1n) is 7.36. The first-order valence-corrected chi connectivity index (χ1v) is 13.5. The molecule has 0 radical (unpaired) electrons. The van der Waals surface area contributed by atoms with Crippen molar-refractivity contribution in [3.8, 4) is 0 Å². The summed E-state index contributed by atoms with van der Waals surface area (Å²) < 4.78 is 8.05. The van der Waals surface area contributed by atoms with E-state index >= 15 is 0 Å². The molecule has 0 N–H and O–H groups in total. The Bertz CT molecular complexity index is 1030. The molecule has 4 aromatic rings. The summed E-state index contributed by atoms with van der Waals surface area (Å²) in [4.78, 5) is 6.46. The predicted octanol–water partition coefficient (Wildman–Crippen LogP) is 6.91. The van der Waals surface area contributed by atoms with Gasteiger partial charge in [0.2, 0.25) is 4.97 Å². The number of nitrogens with zero attached hydrogens (tertiary/aromatic N) is 2. The third-order valence-corrected chi connectivity index (χ3v) is 6.96. The number of rotatable bonds is 5. The van der Waals surface area contributed by atoms with Crippen LogP contribution in [0.3, 0.4) is 0 Å². The second-order valence-corrected chi connectivity index (χ2v) is 14.6. The molecular weight excluding hydrogens is 434 g/mol. The van der Waals surface area contributed by atoms with E-state index in [1.54, 1.807) is 22.7 Å². The SMILES string of the molecule is S=P(Cl)(Cl)OC(Cc1nc2ccccc2s1)c1nc2ccccc2s1. The van der Waals surface area contributed by atoms with Gasteiger partial charge in [-0.15, -0.1) is 22.7 Å². The van der Waals surface area contributed by atoms with Crippen LogP contribution in [-0.2, 0) is 22.8 Å². The number of thiazole rings is 2. The lowest BCUT2D eigenvalue weighted by Gasteiger charge is -2.16. The van der Waals surface area contributed by atoms with Crippen LogP contribution in [0.4, 0.5) is 0 Å². The third kappa shape index (κ3) is 4.22. The molecule has 0 amide bonds. The van der Waals surface area contributed by atoms with E-state index in [2.05, 4.69) is 16.0 Å². The van der Waals surface area contributed by atoms with Crippen molar-refractivity contribution >= 4 is 82.4 Å². The number of hydrogen-bond acceptors (Lipinski definition) is 6. The molecule has 1 atom stereocenters. The van der Waals surface area contributed by atoms with E-state index in [1.807, 2.05) is 42.5 Å². The zero-order valence-corrected chi connectivity index (χ0v) is 17.5. The molecule has 0 spiro atoms. The molecule has 0 bridgehead atoms. The highest BCUT2D eigenvalue weighted by Crippen LogP contribution is 2.61. The smallest absolute Gasteiger partial charge is 0.241 e. The highest BCUT2D eigenvalue weighted by Gasteiger charge is 2.25. The Morgan fingerprint density at radius 3 is 2.16 bits per heavy atom. The second-order valence-electron chi connectivity index (χ2n) is 5.31. The van der Waals surface area contributed by atoms with E-state index in [0.717, 1.165) is 30.4 Å². The Labute approximate surface area is 167 Å². The van der Waals surface area contributed by atoms with Crippen LogP contribution < -0.4 is 0 Å². The van der Waals surface area contributed by atoms with Crippen LogP contribution in [0.5, 0.6) is 0 Å². The molecular formula is C16H11Cl2N2OPS3. The average Bonchev–Trinajstić information content (AvgIpc) is 3.16. The Morgan fingerprint density at radius 2 is 1.56 bits per heavy atom. The summed E-state index contributed by atoms with van der Waals surface area (Å²) in [5.41, 5.74) is 1.90. The fraction of sp³-hybridized carbons (Fsp3) is 0.125. The van der Waals surface area contributed by atoms with Gasteiger partial charge in [-0.3, -0.25) is 0 Å². The van der Waals surface area contributed by atoms with Crippen LogP contribution in [0.1, 0.15) is 16.1 Å². The number of benzene rings is 2. The van der Waals surface area contributed by atoms with Crippen molar-refractivity contribution in [3.05, 3.63) is 58.5 Å². The Kier molecular flexibility index (Phi) is 5.13. The summed E-state index contributed by atoms with van der Waals surface area (Å²) in [6, 6.07) is 16.0. The maximum atomic E-state index is 6.05. The minimum absolute atomic E-state index is 0.404. The van der Waals surface area contributed by atoms with E-state index in [-0.39, 0.29) is 0 Å². The van der Waals surface area contributed by atoms with Gasteiger partial charge >= 0.3 is 0 Å². The summed E-state index contributed by atoms with van der Waals surface area (Å²) in [6.45, 7) is 0. The number of halogens is 2. The Hall–Kier alpha value is -0.590. The fourth-order valence-electron chi connectivity index (χ4n) is 2.51. The van der Waals surface area contributed by atoms with E-state index in [9.17, 15) is 0 Å². The molecule has 1 unspecified atom stereocenters. The van der Waals surface area contributed by atoms with Crippen molar-refractivity contribution in [1.82, 2.24) is 9.97 Å². The number of hydrogen-bond donors (Lipinski definition) is 0. The van der Waals surface area contributed by atoms with Gasteiger partial charge in [-0.25, -0.2) is 9.97 Å². The second kappa shape index (κ2) is 7.20. The largest absolute Gasteiger partial charge is 0.316 e. The van der Waals surface area contributed by atoms with Crippen molar-refractivity contribution in [3.63, 3.8) is 0 Å². The molecule has 0 aliphatic heterocycles. The molecule has 2 aromatic carbocycles. The quantitative estimate of drug-likeness (QED) is 0.313. The van der Waals surface area contributed by atoms with Gasteiger partial charge in [-0.1, -0.05) is 24.3 Å². The summed E-state index contributed by atoms with van der Waals surface area (Å²) in [6.07, 6.45) is 0.135. The average molecular weight is 445 g/mol. The van der Waals surface area contributed by atoms with Gasteiger partial charge in [0.25, 0.3) is 0 Å². The number of fused-ring (bicyclic) bond motifs is 2. The highest BCUT2D eigenvalue weighted by atomic mass is 35.9. The monoisotopic (exact) mass is 444 g/mol. The topological polar surface area (TPSA) is 35.0 Å². The molecule has 9 heteroatoms. The van der Waals surface area contributed by atoms with Gasteiger partial charge in [0.15, 0.2) is 0 Å². The van der Waals surface area contributed by atoms with Gasteiger partial charge < -0.3 is 4.52 Å². The van der Waals surface area contributed by atoms with Crippen LogP contribution in [0.25, 0.3) is 20.4 Å². The van der Waals surface area contributed by atoms with Crippen molar-refractivity contribution < 1.29 is 4.52 Å². The first-order chi connectivity index (χ1) is 12.0. The molecule has 0 saturated carbocycles. The number of para-hydroxylation sites is 2. The summed E-state index contributed by atoms with van der Waals surface area (Å²) in [5.74, 6) is 0. The lowest BCUT2D eigenvalue weighted by atomic mass is 10.2. The minimum atomic E-state index is -2.88. The standard InChI is InChI=1S/C16H11Cl2N2OPS3/c17-22(18,23)21-12(16-20-11-6-2-4-8-14(11)25-16)9-15-19-10-5-1-3-7-13(10)24-15/h1-8,12H,9H2. The molecule has 128 valence electrons. The van der Waals surface area contributed by atoms with Crippen molar-refractivity contribution in [2.24, 2.45) is 0 Å². The predicted molar refractivity (Wildman–Crippen MR) is 113 cm³/mol. The van der Waals surface area contributed by atoms with Crippen LogP contribution in [0.2, 0.25) is 0 Å². The third-order valence-electron chi connectivity index (χ3n) is 3.53. The summed E-state index contributed by atoms with van der Waals surface area (Å²) in [7, 11) is 0. The first kappa shape index (κ1) is 17.8. The minimum Gasteiger partial charge on any atom is -0.316 e. The molecule has 0 saturated heterocycles. The molecule has 4 rings (SSSR count). The maximum Gasteiger partial charge on any atom is 0.241 e. The van der Waals surface area contributed by atoms with Crippen LogP contribution in [0, 0.1) is 0 Å². The van der Waals surface area contributed by atoms with Crippen molar-refractivity contribution in [2.45, 2.75) is 12.5 Å². The zero-order valence-electron chi connectivity index (χ0n) is 12.6. The van der Waals surface area contributed by atoms with Gasteiger partial charge in [0.05, 0.1) is 25.4 Å². The van der Waals surface area contributed by atoms with Crippen molar-refractivity contribution in [2.75, 3.05) is 0 Å². The number of aromatic nitrogens is 2. The van der Waals surface area contributed by atoms with Gasteiger partial charge in [-0.05, 0) is 58.6 Å². The highest BCUT2D eigenvalue weighted by molar-refractivity contribution is 8.36. The molecule has 2 heterocycles. The summed E-state index contributed by atoms with van der Waals surface area (Å²) >= 11 is 20.4. The molecule has 3 nitrogen and oxygen atoms in total. The fourth-order valence-corrected chi connectivity index (χ4v) is 5.94. The molecule has 2 aromatic heterocycles. The molecule has 0 aliphatic rings. The van der Waals surface area contributed by atoms with E-state index in [4.69, 9.17) is 38.8 Å². The summed E-state index contributed by atoms with van der Waals surface area (Å²) in [5, 5.41) is 1.76. The Morgan fingerprint density at radius 1 is 0.960 bits per heavy atom. The van der Waals surface area contributed by atoms with Crippen LogP contribution in [-0.4, -0.2) is 9.97 Å². The van der Waals surface area contributed by atoms with Crippen LogP contribution in [0.15, 0.2) is 48.5 Å². The lowest BCUT2D eigenvalue weighted by Crippen LogP contribution is -2.04. The molecule has 0 fully saturated rings. The Balaban J connectivity index is 1.71. The van der Waals surface area contributed by atoms with Gasteiger partial charge in [0.1, 0.15) is 11.1 Å². The lowest BCUT2D eigenvalue weighted by molar-refractivity contribution is 0.240. The maximum absolute atomic E-state index is 6.05.